The van der Waals surface area contributed by atoms with Gasteiger partial charge in [-0.25, -0.2) is 0 Å². The average Bonchev–Trinajstić information content (AvgIpc) is 3.88. The smallest absolute Gasteiger partial charge is 0.149 e. The molecule has 0 aromatic heterocycles. The Kier molecular flexibility index (Phi) is 9.74. The summed E-state index contributed by atoms with van der Waals surface area (Å²) in [7, 11) is 0. The number of hydrogen-bond donors (Lipinski definition) is 0. The molecule has 0 spiro atoms. The van der Waals surface area contributed by atoms with E-state index in [4.69, 9.17) is 19.7 Å². The Morgan fingerprint density at radius 2 is 0.788 bits per heavy atom. The highest BCUT2D eigenvalue weighted by Gasteiger charge is 2.31. The number of para-hydroxylation sites is 2. The highest BCUT2D eigenvalue weighted by atomic mass is 16.5. The summed E-state index contributed by atoms with van der Waals surface area (Å²) in [6.07, 6.45) is 1.65. The average molecular weight is 679 g/mol. The third kappa shape index (κ3) is 7.45. The Balaban J connectivity index is 0.850. The van der Waals surface area contributed by atoms with Crippen LogP contribution < -0.4 is 19.5 Å². The molecule has 0 radical (unpaired) electrons. The number of rotatable bonds is 10. The van der Waals surface area contributed by atoms with E-state index in [0.29, 0.717) is 0 Å². The highest BCUT2D eigenvalue weighted by molar-refractivity contribution is 6.04. The molecule has 0 unspecified atom stereocenters. The molecule has 0 aliphatic carbocycles. The first kappa shape index (κ1) is 32.6. The van der Waals surface area contributed by atoms with Crippen LogP contribution in [0.3, 0.4) is 0 Å². The number of anilines is 2. The van der Waals surface area contributed by atoms with Gasteiger partial charge >= 0.3 is 0 Å². The van der Waals surface area contributed by atoms with Crippen LogP contribution in [0.15, 0.2) is 180 Å². The summed E-state index contributed by atoms with van der Waals surface area (Å²) in [4.78, 5) is 0. The van der Waals surface area contributed by atoms with Crippen molar-refractivity contribution < 1.29 is 9.47 Å². The molecule has 6 heteroatoms. The van der Waals surface area contributed by atoms with E-state index >= 15 is 0 Å². The van der Waals surface area contributed by atoms with Gasteiger partial charge in [0.25, 0.3) is 0 Å². The van der Waals surface area contributed by atoms with E-state index in [9.17, 15) is 0 Å². The Hall–Kier alpha value is -6.58. The molecule has 0 fully saturated rings. The van der Waals surface area contributed by atoms with Crippen LogP contribution in [0.5, 0.6) is 11.5 Å². The molecule has 6 nitrogen and oxygen atoms in total. The minimum Gasteiger partial charge on any atom is -0.481 e. The van der Waals surface area contributed by atoms with Gasteiger partial charge in [-0.05, 0) is 70.8 Å². The lowest BCUT2D eigenvalue weighted by Crippen LogP contribution is -2.18. The van der Waals surface area contributed by atoms with Gasteiger partial charge in [0, 0.05) is 12.8 Å². The summed E-state index contributed by atoms with van der Waals surface area (Å²) in [6, 6.07) is 58.2. The Morgan fingerprint density at radius 3 is 1.15 bits per heavy atom. The second-order valence-corrected chi connectivity index (χ2v) is 12.7. The van der Waals surface area contributed by atoms with Crippen LogP contribution in [-0.2, 0) is 0 Å². The lowest BCUT2D eigenvalue weighted by molar-refractivity contribution is 0.362. The van der Waals surface area contributed by atoms with Crippen molar-refractivity contribution in [1.29, 1.82) is 0 Å². The molecule has 2 heterocycles. The maximum atomic E-state index is 5.95. The fraction of sp³-hybridized carbons (Fsp3) is 0.130. The van der Waals surface area contributed by atoms with Crippen LogP contribution >= 0.6 is 0 Å². The Labute approximate surface area is 305 Å². The summed E-state index contributed by atoms with van der Waals surface area (Å²) >= 11 is 0. The van der Waals surface area contributed by atoms with Crippen LogP contribution in [0.4, 0.5) is 11.4 Å². The SMILES string of the molecule is C(#CCOc1ccc([C@@H]2CC(c3ccccc3)=NN2c2ccccc2)cc1)COc1ccc([C@H]2CC(c3ccccc3)=NN2c2ccccc2)cc1. The van der Waals surface area contributed by atoms with E-state index < -0.39 is 0 Å². The summed E-state index contributed by atoms with van der Waals surface area (Å²) in [5.74, 6) is 7.72. The predicted octanol–water partition coefficient (Wildman–Crippen LogP) is 9.86. The van der Waals surface area contributed by atoms with E-state index in [0.717, 1.165) is 58.3 Å². The van der Waals surface area contributed by atoms with E-state index in [2.05, 4.69) is 143 Å². The van der Waals surface area contributed by atoms with Crippen molar-refractivity contribution in [3.05, 3.63) is 192 Å². The summed E-state index contributed by atoms with van der Waals surface area (Å²) in [5.41, 5.74) is 8.97. The molecular weight excluding hydrogens is 641 g/mol. The van der Waals surface area contributed by atoms with Crippen LogP contribution in [-0.4, -0.2) is 24.6 Å². The zero-order chi connectivity index (χ0) is 35.0. The first-order valence-electron chi connectivity index (χ1n) is 17.6. The standard InChI is InChI=1S/C46H38N4O2/c1-5-15-35(16-6-1)43-33-45(49(47-43)39-19-9-3-10-20-39)37-23-27-41(28-24-37)51-31-13-14-32-52-42-29-25-38(26-30-42)46-34-44(36-17-7-2-8-18-36)48-50(46)40-21-11-4-12-22-40/h1-12,15-30,45-46H,31-34H2/t45-,46+. The van der Waals surface area contributed by atoms with Crippen LogP contribution in [0.1, 0.15) is 47.2 Å². The Morgan fingerprint density at radius 1 is 0.442 bits per heavy atom. The lowest BCUT2D eigenvalue weighted by Gasteiger charge is -2.24. The first-order chi connectivity index (χ1) is 25.8. The van der Waals surface area contributed by atoms with Gasteiger partial charge in [0.05, 0.1) is 34.9 Å². The molecule has 0 saturated heterocycles. The van der Waals surface area contributed by atoms with Gasteiger partial charge in [-0.3, -0.25) is 10.0 Å². The molecule has 254 valence electrons. The predicted molar refractivity (Wildman–Crippen MR) is 210 cm³/mol. The van der Waals surface area contributed by atoms with Gasteiger partial charge in [0.15, 0.2) is 0 Å². The molecule has 8 rings (SSSR count). The first-order valence-corrected chi connectivity index (χ1v) is 17.6. The minimum atomic E-state index is 0.0960. The van der Waals surface area contributed by atoms with Gasteiger partial charge in [-0.15, -0.1) is 0 Å². The molecule has 0 N–H and O–H groups in total. The molecule has 2 aliphatic heterocycles. The van der Waals surface area contributed by atoms with Gasteiger partial charge < -0.3 is 9.47 Å². The monoisotopic (exact) mass is 678 g/mol. The molecular formula is C46H38N4O2. The van der Waals surface area contributed by atoms with Crippen molar-refractivity contribution in [1.82, 2.24) is 0 Å². The van der Waals surface area contributed by atoms with Crippen LogP contribution in [0.25, 0.3) is 0 Å². The molecule has 6 aromatic carbocycles. The normalized spacial score (nSPS) is 16.5. The fourth-order valence-electron chi connectivity index (χ4n) is 6.70. The largest absolute Gasteiger partial charge is 0.481 e. The van der Waals surface area contributed by atoms with Crippen molar-refractivity contribution >= 4 is 22.8 Å². The number of hydrogen-bond acceptors (Lipinski definition) is 6. The molecule has 2 aliphatic rings. The van der Waals surface area contributed by atoms with Crippen LogP contribution in [0.2, 0.25) is 0 Å². The van der Waals surface area contributed by atoms with E-state index in [-0.39, 0.29) is 25.3 Å². The minimum absolute atomic E-state index is 0.0960. The Bertz CT molecular complexity index is 2040. The number of benzene rings is 6. The van der Waals surface area contributed by atoms with E-state index in [1.54, 1.807) is 0 Å². The van der Waals surface area contributed by atoms with E-state index in [1.165, 1.54) is 11.1 Å². The van der Waals surface area contributed by atoms with Gasteiger partial charge in [-0.1, -0.05) is 133 Å². The highest BCUT2D eigenvalue weighted by Crippen LogP contribution is 2.38. The second-order valence-electron chi connectivity index (χ2n) is 12.7. The zero-order valence-corrected chi connectivity index (χ0v) is 28.8. The zero-order valence-electron chi connectivity index (χ0n) is 28.8. The summed E-state index contributed by atoms with van der Waals surface area (Å²) in [6.45, 7) is 0.562. The summed E-state index contributed by atoms with van der Waals surface area (Å²) < 4.78 is 11.9. The van der Waals surface area contributed by atoms with E-state index in [1.807, 2.05) is 48.5 Å². The van der Waals surface area contributed by atoms with Crippen molar-refractivity contribution in [2.45, 2.75) is 24.9 Å². The molecule has 0 bridgehead atoms. The van der Waals surface area contributed by atoms with Gasteiger partial charge in [-0.2, -0.15) is 10.2 Å². The molecule has 0 saturated carbocycles. The lowest BCUT2D eigenvalue weighted by atomic mass is 9.98. The molecule has 52 heavy (non-hydrogen) atoms. The maximum Gasteiger partial charge on any atom is 0.149 e. The fourth-order valence-corrected chi connectivity index (χ4v) is 6.70. The maximum absolute atomic E-state index is 5.95. The van der Waals surface area contributed by atoms with Crippen molar-refractivity contribution in [2.75, 3.05) is 23.2 Å². The molecule has 6 aromatic rings. The third-order valence-corrected chi connectivity index (χ3v) is 9.35. The summed E-state index contributed by atoms with van der Waals surface area (Å²) in [5, 5.41) is 14.3. The molecule has 0 amide bonds. The quantitative estimate of drug-likeness (QED) is 0.135. The number of nitrogens with zero attached hydrogens (tertiary/aromatic N) is 4. The third-order valence-electron chi connectivity index (χ3n) is 9.35. The van der Waals surface area contributed by atoms with Crippen molar-refractivity contribution in [3.8, 4) is 23.3 Å². The van der Waals surface area contributed by atoms with Crippen molar-refractivity contribution in [2.24, 2.45) is 10.2 Å². The number of ether oxygens (including phenoxy) is 2. The van der Waals surface area contributed by atoms with Gasteiger partial charge in [0.1, 0.15) is 24.7 Å². The number of hydrazone groups is 2. The van der Waals surface area contributed by atoms with Crippen molar-refractivity contribution in [3.63, 3.8) is 0 Å². The van der Waals surface area contributed by atoms with Gasteiger partial charge in [0.2, 0.25) is 0 Å². The topological polar surface area (TPSA) is 49.7 Å². The molecule has 2 atom stereocenters. The van der Waals surface area contributed by atoms with Crippen LogP contribution in [0, 0.1) is 11.8 Å². The second kappa shape index (κ2) is 15.5.